The maximum atomic E-state index is 12.9. The van der Waals surface area contributed by atoms with E-state index in [2.05, 4.69) is 58.6 Å². The zero-order valence-corrected chi connectivity index (χ0v) is 17.1. The zero-order chi connectivity index (χ0) is 20.2. The topological polar surface area (TPSA) is 50.2 Å². The van der Waals surface area contributed by atoms with E-state index in [0.717, 1.165) is 49.4 Å². The van der Waals surface area contributed by atoms with Crippen LogP contribution in [-0.2, 0) is 6.54 Å². The van der Waals surface area contributed by atoms with Crippen molar-refractivity contribution in [2.75, 3.05) is 13.1 Å². The van der Waals surface area contributed by atoms with Gasteiger partial charge in [-0.15, -0.1) is 0 Å². The highest BCUT2D eigenvalue weighted by Gasteiger charge is 2.23. The van der Waals surface area contributed by atoms with Crippen molar-refractivity contribution in [3.8, 4) is 5.69 Å². The van der Waals surface area contributed by atoms with E-state index in [9.17, 15) is 4.79 Å². The van der Waals surface area contributed by atoms with Gasteiger partial charge in [0.1, 0.15) is 0 Å². The summed E-state index contributed by atoms with van der Waals surface area (Å²) in [6.07, 6.45) is 3.63. The lowest BCUT2D eigenvalue weighted by Gasteiger charge is -2.32. The Labute approximate surface area is 172 Å². The third kappa shape index (κ3) is 4.40. The summed E-state index contributed by atoms with van der Waals surface area (Å²) >= 11 is 0. The second-order valence-corrected chi connectivity index (χ2v) is 7.85. The lowest BCUT2D eigenvalue weighted by atomic mass is 10.0. The molecule has 1 aliphatic rings. The van der Waals surface area contributed by atoms with E-state index in [4.69, 9.17) is 0 Å². The lowest BCUT2D eigenvalue weighted by Crippen LogP contribution is -2.44. The number of carbonyl (C=O) groups is 1. The summed E-state index contributed by atoms with van der Waals surface area (Å²) in [5.74, 6) is -0.0242. The van der Waals surface area contributed by atoms with Crippen LogP contribution in [0.5, 0.6) is 0 Å². The van der Waals surface area contributed by atoms with Gasteiger partial charge < -0.3 is 5.32 Å². The number of piperidine rings is 1. The summed E-state index contributed by atoms with van der Waals surface area (Å²) in [5.41, 5.74) is 5.02. The van der Waals surface area contributed by atoms with Crippen LogP contribution >= 0.6 is 0 Å². The summed E-state index contributed by atoms with van der Waals surface area (Å²) in [6.45, 7) is 6.99. The number of rotatable bonds is 5. The number of carbonyl (C=O) groups excluding carboxylic acids is 1. The first-order chi connectivity index (χ1) is 14.1. The quantitative estimate of drug-likeness (QED) is 0.722. The van der Waals surface area contributed by atoms with Crippen molar-refractivity contribution in [2.24, 2.45) is 0 Å². The highest BCUT2D eigenvalue weighted by molar-refractivity contribution is 5.95. The van der Waals surface area contributed by atoms with Crippen LogP contribution in [0.1, 0.15) is 40.0 Å². The molecule has 0 spiro atoms. The largest absolute Gasteiger partial charge is 0.349 e. The first-order valence-corrected chi connectivity index (χ1v) is 10.3. The van der Waals surface area contributed by atoms with Crippen molar-refractivity contribution < 1.29 is 4.79 Å². The van der Waals surface area contributed by atoms with Gasteiger partial charge in [0.05, 0.1) is 23.1 Å². The van der Waals surface area contributed by atoms with Gasteiger partial charge in [0.15, 0.2) is 0 Å². The van der Waals surface area contributed by atoms with Gasteiger partial charge in [-0.1, -0.05) is 48.5 Å². The standard InChI is InChI=1S/C24H28N4O/c1-18-8-6-7-11-23(18)28-19(2)22(16-25-28)24(29)26-21-12-14-27(15-13-21)17-20-9-4-3-5-10-20/h3-11,16,21H,12-15,17H2,1-2H3,(H,26,29). The number of likely N-dealkylation sites (tertiary alicyclic amines) is 1. The van der Waals surface area contributed by atoms with Crippen LogP contribution in [0.3, 0.4) is 0 Å². The summed E-state index contributed by atoms with van der Waals surface area (Å²) in [7, 11) is 0. The van der Waals surface area contributed by atoms with E-state index in [0.29, 0.717) is 5.56 Å². The predicted octanol–water partition coefficient (Wildman–Crippen LogP) is 3.88. The maximum absolute atomic E-state index is 12.9. The van der Waals surface area contributed by atoms with Gasteiger partial charge in [-0.25, -0.2) is 4.68 Å². The molecule has 3 aromatic rings. The number of nitrogens with zero attached hydrogens (tertiary/aromatic N) is 3. The Morgan fingerprint density at radius 3 is 2.45 bits per heavy atom. The van der Waals surface area contributed by atoms with Gasteiger partial charge in [0, 0.05) is 25.7 Å². The van der Waals surface area contributed by atoms with Crippen LogP contribution in [0.15, 0.2) is 60.8 Å². The summed E-state index contributed by atoms with van der Waals surface area (Å²) in [6, 6.07) is 18.9. The minimum absolute atomic E-state index is 0.0242. The van der Waals surface area contributed by atoms with Crippen molar-refractivity contribution in [1.29, 1.82) is 0 Å². The number of para-hydroxylation sites is 1. The first kappa shape index (κ1) is 19.4. The monoisotopic (exact) mass is 388 g/mol. The van der Waals surface area contributed by atoms with Crippen LogP contribution in [0.2, 0.25) is 0 Å². The first-order valence-electron chi connectivity index (χ1n) is 10.3. The fraction of sp³-hybridized carbons (Fsp3) is 0.333. The number of nitrogens with one attached hydrogen (secondary N) is 1. The van der Waals surface area contributed by atoms with Gasteiger partial charge >= 0.3 is 0 Å². The Kier molecular flexibility index (Phi) is 5.76. The third-order valence-electron chi connectivity index (χ3n) is 5.77. The van der Waals surface area contributed by atoms with Crippen molar-refractivity contribution in [1.82, 2.24) is 20.0 Å². The number of hydrogen-bond donors (Lipinski definition) is 1. The fourth-order valence-electron chi connectivity index (χ4n) is 4.02. The van der Waals surface area contributed by atoms with Gasteiger partial charge in [-0.3, -0.25) is 9.69 Å². The molecule has 29 heavy (non-hydrogen) atoms. The molecule has 1 aliphatic heterocycles. The highest BCUT2D eigenvalue weighted by atomic mass is 16.1. The minimum atomic E-state index is -0.0242. The third-order valence-corrected chi connectivity index (χ3v) is 5.77. The second kappa shape index (κ2) is 8.62. The molecule has 1 saturated heterocycles. The molecule has 1 fully saturated rings. The molecule has 4 rings (SSSR count). The van der Waals surface area contributed by atoms with Crippen LogP contribution in [0.25, 0.3) is 5.69 Å². The van der Waals surface area contributed by atoms with Gasteiger partial charge in [-0.2, -0.15) is 5.10 Å². The summed E-state index contributed by atoms with van der Waals surface area (Å²) < 4.78 is 1.85. The maximum Gasteiger partial charge on any atom is 0.254 e. The van der Waals surface area contributed by atoms with E-state index in [1.807, 2.05) is 29.8 Å². The zero-order valence-electron chi connectivity index (χ0n) is 17.1. The molecular formula is C24H28N4O. The number of amides is 1. The van der Waals surface area contributed by atoms with Crippen LogP contribution in [0.4, 0.5) is 0 Å². The molecule has 5 heteroatoms. The average molecular weight is 389 g/mol. The van der Waals surface area contributed by atoms with Gasteiger partial charge in [0.2, 0.25) is 0 Å². The van der Waals surface area contributed by atoms with E-state index in [1.54, 1.807) is 6.20 Å². The number of benzene rings is 2. The Bertz CT molecular complexity index is 972. The van der Waals surface area contributed by atoms with Crippen molar-refractivity contribution >= 4 is 5.91 Å². The normalized spacial score (nSPS) is 15.4. The number of aromatic nitrogens is 2. The molecule has 2 aromatic carbocycles. The summed E-state index contributed by atoms with van der Waals surface area (Å²) in [5, 5.41) is 7.69. The molecule has 1 amide bonds. The fourth-order valence-corrected chi connectivity index (χ4v) is 4.02. The second-order valence-electron chi connectivity index (χ2n) is 7.85. The lowest BCUT2D eigenvalue weighted by molar-refractivity contribution is 0.0908. The smallest absolute Gasteiger partial charge is 0.254 e. The van der Waals surface area contributed by atoms with Gasteiger partial charge in [-0.05, 0) is 43.9 Å². The van der Waals surface area contributed by atoms with E-state index < -0.39 is 0 Å². The summed E-state index contributed by atoms with van der Waals surface area (Å²) in [4.78, 5) is 15.3. The number of hydrogen-bond acceptors (Lipinski definition) is 3. The molecular weight excluding hydrogens is 360 g/mol. The molecule has 0 unspecified atom stereocenters. The van der Waals surface area contributed by atoms with Crippen LogP contribution in [-0.4, -0.2) is 39.7 Å². The molecule has 1 N–H and O–H groups in total. The van der Waals surface area contributed by atoms with Gasteiger partial charge in [0.25, 0.3) is 5.91 Å². The van der Waals surface area contributed by atoms with E-state index >= 15 is 0 Å². The van der Waals surface area contributed by atoms with Crippen molar-refractivity contribution in [3.05, 3.63) is 83.2 Å². The molecule has 0 bridgehead atoms. The average Bonchev–Trinajstić information content (AvgIpc) is 3.12. The van der Waals surface area contributed by atoms with Crippen LogP contribution < -0.4 is 5.32 Å². The van der Waals surface area contributed by atoms with Crippen LogP contribution in [0, 0.1) is 13.8 Å². The molecule has 2 heterocycles. The molecule has 0 atom stereocenters. The Morgan fingerprint density at radius 2 is 1.72 bits per heavy atom. The molecule has 0 saturated carbocycles. The number of aryl methyl sites for hydroxylation is 1. The predicted molar refractivity (Wildman–Crippen MR) is 115 cm³/mol. The highest BCUT2D eigenvalue weighted by Crippen LogP contribution is 2.19. The SMILES string of the molecule is Cc1ccccc1-n1ncc(C(=O)NC2CCN(Cc3ccccc3)CC2)c1C. The van der Waals surface area contributed by atoms with E-state index in [1.165, 1.54) is 5.56 Å². The molecule has 0 radical (unpaired) electrons. The Hall–Kier alpha value is -2.92. The molecule has 1 aromatic heterocycles. The minimum Gasteiger partial charge on any atom is -0.349 e. The van der Waals surface area contributed by atoms with Crippen molar-refractivity contribution in [3.63, 3.8) is 0 Å². The molecule has 150 valence electrons. The molecule has 0 aliphatic carbocycles. The molecule has 5 nitrogen and oxygen atoms in total. The Balaban J connectivity index is 1.35. The van der Waals surface area contributed by atoms with Crippen molar-refractivity contribution in [2.45, 2.75) is 39.3 Å². The Morgan fingerprint density at radius 1 is 1.03 bits per heavy atom. The van der Waals surface area contributed by atoms with E-state index in [-0.39, 0.29) is 11.9 Å².